The third kappa shape index (κ3) is 2.37. The molecule has 4 nitrogen and oxygen atoms in total. The molecule has 0 saturated carbocycles. The molecule has 0 spiro atoms. The molecule has 0 aliphatic rings. The van der Waals surface area contributed by atoms with Crippen molar-refractivity contribution >= 4 is 11.0 Å². The van der Waals surface area contributed by atoms with Crippen LogP contribution in [0.25, 0.3) is 16.7 Å². The van der Waals surface area contributed by atoms with Gasteiger partial charge in [0, 0.05) is 11.9 Å². The second-order valence-electron chi connectivity index (χ2n) is 4.34. The smallest absolute Gasteiger partial charge is 0.284 e. The predicted molar refractivity (Wildman–Crippen MR) is 70.1 cm³/mol. The molecule has 106 valence electrons. The first-order chi connectivity index (χ1) is 9.97. The number of aromatic nitrogens is 3. The van der Waals surface area contributed by atoms with E-state index in [-0.39, 0.29) is 16.7 Å². The number of halogens is 3. The molecule has 0 N–H and O–H groups in total. The van der Waals surface area contributed by atoms with Crippen molar-refractivity contribution in [1.82, 2.24) is 14.5 Å². The molecule has 3 aromatic rings. The van der Waals surface area contributed by atoms with Gasteiger partial charge in [-0.3, -0.25) is 9.36 Å². The molecule has 0 atom stereocenters. The Hall–Kier alpha value is -2.70. The summed E-state index contributed by atoms with van der Waals surface area (Å²) in [5, 5.41) is 0.248. The SMILES string of the molecule is O=c1ncn(-c2cccc(C(F)(F)F)c2)c2ncccc12. The predicted octanol–water partition coefficient (Wildman–Crippen LogP) is 2.80. The van der Waals surface area contributed by atoms with Gasteiger partial charge >= 0.3 is 6.18 Å². The Morgan fingerprint density at radius 2 is 1.86 bits per heavy atom. The highest BCUT2D eigenvalue weighted by molar-refractivity contribution is 5.75. The minimum Gasteiger partial charge on any atom is -0.284 e. The van der Waals surface area contributed by atoms with Crippen molar-refractivity contribution in [2.24, 2.45) is 0 Å². The van der Waals surface area contributed by atoms with Crippen LogP contribution >= 0.6 is 0 Å². The molecule has 2 heterocycles. The maximum absolute atomic E-state index is 12.8. The molecule has 0 fully saturated rings. The quantitative estimate of drug-likeness (QED) is 0.692. The second-order valence-corrected chi connectivity index (χ2v) is 4.34. The van der Waals surface area contributed by atoms with Crippen molar-refractivity contribution in [3.63, 3.8) is 0 Å². The van der Waals surface area contributed by atoms with E-state index in [9.17, 15) is 18.0 Å². The number of pyridine rings is 1. The van der Waals surface area contributed by atoms with Crippen molar-refractivity contribution < 1.29 is 13.2 Å². The largest absolute Gasteiger partial charge is 0.416 e. The molecule has 21 heavy (non-hydrogen) atoms. The standard InChI is InChI=1S/C14H8F3N3O/c15-14(16,17)9-3-1-4-10(7-9)20-8-19-13(21)11-5-2-6-18-12(11)20/h1-8H. The highest BCUT2D eigenvalue weighted by Gasteiger charge is 2.30. The number of hydrogen-bond donors (Lipinski definition) is 0. The van der Waals surface area contributed by atoms with Crippen molar-refractivity contribution in [3.8, 4) is 5.69 Å². The van der Waals surface area contributed by atoms with Crippen molar-refractivity contribution in [2.45, 2.75) is 6.18 Å². The fraction of sp³-hybridized carbons (Fsp3) is 0.0714. The Morgan fingerprint density at radius 3 is 2.62 bits per heavy atom. The number of alkyl halides is 3. The summed E-state index contributed by atoms with van der Waals surface area (Å²) in [6.07, 6.45) is -1.80. The van der Waals surface area contributed by atoms with Crippen LogP contribution < -0.4 is 5.56 Å². The van der Waals surface area contributed by atoms with Crippen LogP contribution in [0, 0.1) is 0 Å². The summed E-state index contributed by atoms with van der Waals surface area (Å²) in [6.45, 7) is 0. The van der Waals surface area contributed by atoms with Crippen LogP contribution in [0.2, 0.25) is 0 Å². The molecular formula is C14H8F3N3O. The number of benzene rings is 1. The van der Waals surface area contributed by atoms with E-state index in [0.29, 0.717) is 0 Å². The van der Waals surface area contributed by atoms with Crippen LogP contribution in [-0.2, 0) is 6.18 Å². The molecular weight excluding hydrogens is 283 g/mol. The minimum absolute atomic E-state index is 0.237. The van der Waals surface area contributed by atoms with Gasteiger partial charge in [0.2, 0.25) is 0 Å². The lowest BCUT2D eigenvalue weighted by molar-refractivity contribution is -0.137. The molecule has 0 saturated heterocycles. The molecule has 3 rings (SSSR count). The Kier molecular flexibility index (Phi) is 2.97. The van der Waals surface area contributed by atoms with Crippen LogP contribution in [-0.4, -0.2) is 14.5 Å². The number of nitrogens with zero attached hydrogens (tertiary/aromatic N) is 3. The summed E-state index contributed by atoms with van der Waals surface area (Å²) in [7, 11) is 0. The van der Waals surface area contributed by atoms with Gasteiger partial charge in [0.25, 0.3) is 5.56 Å². The van der Waals surface area contributed by atoms with Crippen molar-refractivity contribution in [2.75, 3.05) is 0 Å². The fourth-order valence-corrected chi connectivity index (χ4v) is 2.01. The third-order valence-corrected chi connectivity index (χ3v) is 2.99. The van der Waals surface area contributed by atoms with Gasteiger partial charge < -0.3 is 0 Å². The first kappa shape index (κ1) is 13.3. The van der Waals surface area contributed by atoms with Gasteiger partial charge in [0.15, 0.2) is 5.65 Å². The lowest BCUT2D eigenvalue weighted by Gasteiger charge is -2.12. The number of fused-ring (bicyclic) bond motifs is 1. The summed E-state index contributed by atoms with van der Waals surface area (Å²) in [5.74, 6) is 0. The van der Waals surface area contributed by atoms with E-state index in [1.165, 1.54) is 35.3 Å². The Morgan fingerprint density at radius 1 is 1.05 bits per heavy atom. The molecule has 0 aliphatic heterocycles. The van der Waals surface area contributed by atoms with Gasteiger partial charge in [0.1, 0.15) is 6.33 Å². The Balaban J connectivity index is 2.27. The normalized spacial score (nSPS) is 11.8. The van der Waals surface area contributed by atoms with Gasteiger partial charge in [0.05, 0.1) is 10.9 Å². The van der Waals surface area contributed by atoms with Crippen molar-refractivity contribution in [1.29, 1.82) is 0 Å². The van der Waals surface area contributed by atoms with Gasteiger partial charge in [-0.25, -0.2) is 4.98 Å². The Labute approximate surface area is 116 Å². The van der Waals surface area contributed by atoms with E-state index in [2.05, 4.69) is 9.97 Å². The summed E-state index contributed by atoms with van der Waals surface area (Å²) >= 11 is 0. The maximum atomic E-state index is 12.8. The van der Waals surface area contributed by atoms with E-state index in [0.717, 1.165) is 12.1 Å². The molecule has 2 aromatic heterocycles. The van der Waals surface area contributed by atoms with E-state index in [1.807, 2.05) is 0 Å². The highest BCUT2D eigenvalue weighted by Crippen LogP contribution is 2.30. The van der Waals surface area contributed by atoms with Crippen LogP contribution in [0.15, 0.2) is 53.7 Å². The zero-order valence-electron chi connectivity index (χ0n) is 10.5. The van der Waals surface area contributed by atoms with Crippen LogP contribution in [0.3, 0.4) is 0 Å². The third-order valence-electron chi connectivity index (χ3n) is 2.99. The maximum Gasteiger partial charge on any atom is 0.416 e. The number of rotatable bonds is 1. The molecule has 1 aromatic carbocycles. The van der Waals surface area contributed by atoms with Crippen LogP contribution in [0.4, 0.5) is 13.2 Å². The average Bonchev–Trinajstić information content (AvgIpc) is 2.47. The van der Waals surface area contributed by atoms with E-state index in [4.69, 9.17) is 0 Å². The zero-order valence-corrected chi connectivity index (χ0v) is 10.5. The molecule has 7 heteroatoms. The lowest BCUT2D eigenvalue weighted by atomic mass is 10.2. The summed E-state index contributed by atoms with van der Waals surface area (Å²) in [6, 6.07) is 7.86. The van der Waals surface area contributed by atoms with Crippen molar-refractivity contribution in [3.05, 3.63) is 64.8 Å². The molecule has 0 bridgehead atoms. The van der Waals surface area contributed by atoms with Crippen LogP contribution in [0.1, 0.15) is 5.56 Å². The number of hydrogen-bond acceptors (Lipinski definition) is 3. The van der Waals surface area contributed by atoms with Crippen LogP contribution in [0.5, 0.6) is 0 Å². The first-order valence-corrected chi connectivity index (χ1v) is 5.97. The minimum atomic E-state index is -4.44. The summed E-state index contributed by atoms with van der Waals surface area (Å²) < 4.78 is 39.7. The molecule has 0 radical (unpaired) electrons. The average molecular weight is 291 g/mol. The van der Waals surface area contributed by atoms with Gasteiger partial charge in [-0.15, -0.1) is 0 Å². The molecule has 0 unspecified atom stereocenters. The monoisotopic (exact) mass is 291 g/mol. The fourth-order valence-electron chi connectivity index (χ4n) is 2.01. The van der Waals surface area contributed by atoms with Gasteiger partial charge in [-0.1, -0.05) is 6.07 Å². The van der Waals surface area contributed by atoms with E-state index < -0.39 is 17.3 Å². The topological polar surface area (TPSA) is 47.8 Å². The van der Waals surface area contributed by atoms with E-state index >= 15 is 0 Å². The Bertz CT molecular complexity index is 871. The van der Waals surface area contributed by atoms with Gasteiger partial charge in [-0.2, -0.15) is 18.2 Å². The second kappa shape index (κ2) is 4.69. The molecule has 0 amide bonds. The lowest BCUT2D eigenvalue weighted by Crippen LogP contribution is -2.13. The summed E-state index contributed by atoms with van der Waals surface area (Å²) in [4.78, 5) is 19.4. The summed E-state index contributed by atoms with van der Waals surface area (Å²) in [5.41, 5.74) is -0.748. The first-order valence-electron chi connectivity index (χ1n) is 5.97. The zero-order chi connectivity index (χ0) is 15.0. The van der Waals surface area contributed by atoms with E-state index in [1.54, 1.807) is 6.07 Å². The van der Waals surface area contributed by atoms with Gasteiger partial charge in [-0.05, 0) is 30.3 Å². The molecule has 0 aliphatic carbocycles. The highest BCUT2D eigenvalue weighted by atomic mass is 19.4.